The highest BCUT2D eigenvalue weighted by molar-refractivity contribution is 5.87. The first-order chi connectivity index (χ1) is 8.32. The van der Waals surface area contributed by atoms with Crippen molar-refractivity contribution in [1.29, 1.82) is 0 Å². The third-order valence-corrected chi connectivity index (χ3v) is 3.12. The molecule has 7 nitrogen and oxygen atoms in total. The van der Waals surface area contributed by atoms with Crippen LogP contribution in [0.15, 0.2) is 0 Å². The molecule has 0 aliphatic heterocycles. The van der Waals surface area contributed by atoms with Crippen molar-refractivity contribution in [3.63, 3.8) is 0 Å². The molecule has 1 unspecified atom stereocenters. The van der Waals surface area contributed by atoms with E-state index in [4.69, 9.17) is 15.9 Å². The summed E-state index contributed by atoms with van der Waals surface area (Å²) in [7, 11) is 0. The summed E-state index contributed by atoms with van der Waals surface area (Å²) in [5.41, 5.74) is 5.42. The van der Waals surface area contributed by atoms with E-state index in [0.717, 1.165) is 25.7 Å². The Hall–Kier alpha value is -1.63. The van der Waals surface area contributed by atoms with Crippen molar-refractivity contribution in [2.24, 2.45) is 5.73 Å². The molecule has 5 N–H and O–H groups in total. The topological polar surface area (TPSA) is 130 Å². The number of carboxylic acids is 2. The van der Waals surface area contributed by atoms with Gasteiger partial charge in [-0.1, -0.05) is 12.8 Å². The van der Waals surface area contributed by atoms with Gasteiger partial charge in [-0.3, -0.25) is 9.59 Å². The van der Waals surface area contributed by atoms with Gasteiger partial charge in [0, 0.05) is 12.0 Å². The number of hydrogen-bond donors (Lipinski definition) is 4. The van der Waals surface area contributed by atoms with Crippen LogP contribution in [0.3, 0.4) is 0 Å². The Balaban J connectivity index is 2.50. The lowest BCUT2D eigenvalue weighted by molar-refractivity contribution is -0.147. The van der Waals surface area contributed by atoms with Crippen molar-refractivity contribution in [3.8, 4) is 0 Å². The highest BCUT2D eigenvalue weighted by atomic mass is 16.4. The van der Waals surface area contributed by atoms with Crippen molar-refractivity contribution < 1.29 is 24.6 Å². The Morgan fingerprint density at radius 1 is 1.22 bits per heavy atom. The summed E-state index contributed by atoms with van der Waals surface area (Å²) in [5, 5.41) is 19.5. The molecule has 102 valence electrons. The molecule has 0 saturated heterocycles. The number of carbonyl (C=O) groups excluding carboxylic acids is 1. The highest BCUT2D eigenvalue weighted by Crippen LogP contribution is 2.29. The van der Waals surface area contributed by atoms with E-state index in [9.17, 15) is 14.4 Å². The quantitative estimate of drug-likeness (QED) is 0.517. The van der Waals surface area contributed by atoms with E-state index in [1.165, 1.54) is 0 Å². The molecule has 1 amide bonds. The zero-order valence-corrected chi connectivity index (χ0v) is 10.0. The average molecular weight is 258 g/mol. The summed E-state index contributed by atoms with van der Waals surface area (Å²) in [5.74, 6) is -3.14. The average Bonchev–Trinajstić information content (AvgIpc) is 2.62. The fraction of sp³-hybridized carbons (Fsp3) is 0.727. The molecule has 0 heterocycles. The first-order valence-electron chi connectivity index (χ1n) is 5.85. The molecule has 0 aromatic heterocycles. The number of hydrogen-bond acceptors (Lipinski definition) is 4. The predicted octanol–water partition coefficient (Wildman–Crippen LogP) is -0.308. The normalized spacial score (nSPS) is 19.2. The van der Waals surface area contributed by atoms with Gasteiger partial charge in [-0.25, -0.2) is 4.79 Å². The Kier molecular flexibility index (Phi) is 4.66. The van der Waals surface area contributed by atoms with Gasteiger partial charge in [0.1, 0.15) is 6.04 Å². The maximum Gasteiger partial charge on any atom is 0.326 e. The standard InChI is InChI=1S/C11H18N2O5/c12-11(3-1-2-4-11)6-8(14)13-7(10(17)18)5-9(15)16/h7H,1-6,12H2,(H,13,14)(H,15,16)(H,17,18). The molecule has 0 radical (unpaired) electrons. The lowest BCUT2D eigenvalue weighted by Gasteiger charge is -2.23. The predicted molar refractivity (Wildman–Crippen MR) is 61.8 cm³/mol. The van der Waals surface area contributed by atoms with Crippen LogP contribution in [0.1, 0.15) is 38.5 Å². The van der Waals surface area contributed by atoms with E-state index >= 15 is 0 Å². The van der Waals surface area contributed by atoms with Crippen molar-refractivity contribution >= 4 is 17.8 Å². The molecule has 1 rings (SSSR count). The second kappa shape index (κ2) is 5.81. The van der Waals surface area contributed by atoms with Crippen LogP contribution in [0, 0.1) is 0 Å². The summed E-state index contributed by atoms with van der Waals surface area (Å²) < 4.78 is 0. The third-order valence-electron chi connectivity index (χ3n) is 3.12. The number of aliphatic carboxylic acids is 2. The summed E-state index contributed by atoms with van der Waals surface area (Å²) in [6.07, 6.45) is 2.78. The van der Waals surface area contributed by atoms with Gasteiger partial charge in [0.2, 0.25) is 5.91 Å². The first-order valence-corrected chi connectivity index (χ1v) is 5.85. The molecule has 0 spiro atoms. The van der Waals surface area contributed by atoms with Crippen LogP contribution in [0.2, 0.25) is 0 Å². The van der Waals surface area contributed by atoms with Crippen LogP contribution in [0.25, 0.3) is 0 Å². The van der Waals surface area contributed by atoms with Crippen LogP contribution in [0.4, 0.5) is 0 Å². The molecule has 0 aromatic rings. The van der Waals surface area contributed by atoms with E-state index in [1.54, 1.807) is 0 Å². The van der Waals surface area contributed by atoms with Crippen LogP contribution in [-0.2, 0) is 14.4 Å². The molecule has 1 fully saturated rings. The highest BCUT2D eigenvalue weighted by Gasteiger charge is 2.33. The van der Waals surface area contributed by atoms with E-state index in [-0.39, 0.29) is 6.42 Å². The van der Waals surface area contributed by atoms with Crippen molar-refractivity contribution in [3.05, 3.63) is 0 Å². The summed E-state index contributed by atoms with van der Waals surface area (Å²) in [6, 6.07) is -1.40. The summed E-state index contributed by atoms with van der Waals surface area (Å²) >= 11 is 0. The van der Waals surface area contributed by atoms with Crippen molar-refractivity contribution in [2.45, 2.75) is 50.1 Å². The Morgan fingerprint density at radius 3 is 2.22 bits per heavy atom. The van der Waals surface area contributed by atoms with Crippen LogP contribution in [0.5, 0.6) is 0 Å². The molecule has 0 aromatic carbocycles. The molecular weight excluding hydrogens is 240 g/mol. The minimum Gasteiger partial charge on any atom is -0.481 e. The number of nitrogens with two attached hydrogens (primary N) is 1. The lowest BCUT2D eigenvalue weighted by atomic mass is 9.94. The number of nitrogens with one attached hydrogen (secondary N) is 1. The van der Waals surface area contributed by atoms with Crippen molar-refractivity contribution in [1.82, 2.24) is 5.32 Å². The Bertz CT molecular complexity index is 349. The number of rotatable bonds is 6. The largest absolute Gasteiger partial charge is 0.481 e. The van der Waals surface area contributed by atoms with Gasteiger partial charge in [0.15, 0.2) is 0 Å². The lowest BCUT2D eigenvalue weighted by Crippen LogP contribution is -2.47. The number of amides is 1. The minimum atomic E-state index is -1.40. The zero-order valence-electron chi connectivity index (χ0n) is 10.0. The van der Waals surface area contributed by atoms with Gasteiger partial charge in [-0.05, 0) is 12.8 Å². The summed E-state index contributed by atoms with van der Waals surface area (Å²) in [6.45, 7) is 0. The smallest absolute Gasteiger partial charge is 0.326 e. The summed E-state index contributed by atoms with van der Waals surface area (Å²) in [4.78, 5) is 32.9. The number of carboxylic acid groups (broad SMARTS) is 2. The Labute approximate surface area is 104 Å². The third kappa shape index (κ3) is 4.33. The molecule has 1 aliphatic carbocycles. The van der Waals surface area contributed by atoms with E-state index in [2.05, 4.69) is 5.32 Å². The van der Waals surface area contributed by atoms with Gasteiger partial charge >= 0.3 is 11.9 Å². The van der Waals surface area contributed by atoms with Gasteiger partial charge in [-0.15, -0.1) is 0 Å². The fourth-order valence-corrected chi connectivity index (χ4v) is 2.20. The molecular formula is C11H18N2O5. The number of carbonyl (C=O) groups is 3. The molecule has 1 atom stereocenters. The maximum absolute atomic E-state index is 11.7. The zero-order chi connectivity index (χ0) is 13.8. The van der Waals surface area contributed by atoms with E-state index < -0.39 is 35.8 Å². The van der Waals surface area contributed by atoms with E-state index in [0.29, 0.717) is 0 Å². The monoisotopic (exact) mass is 258 g/mol. The van der Waals surface area contributed by atoms with Gasteiger partial charge in [0.25, 0.3) is 0 Å². The molecule has 1 aliphatic rings. The molecule has 1 saturated carbocycles. The fourth-order valence-electron chi connectivity index (χ4n) is 2.20. The van der Waals surface area contributed by atoms with E-state index in [1.807, 2.05) is 0 Å². The first kappa shape index (κ1) is 14.4. The molecule has 0 bridgehead atoms. The molecule has 7 heteroatoms. The van der Waals surface area contributed by atoms with Crippen LogP contribution >= 0.6 is 0 Å². The maximum atomic E-state index is 11.7. The van der Waals surface area contributed by atoms with Gasteiger partial charge < -0.3 is 21.3 Å². The van der Waals surface area contributed by atoms with Gasteiger partial charge in [0.05, 0.1) is 6.42 Å². The van der Waals surface area contributed by atoms with Crippen LogP contribution < -0.4 is 11.1 Å². The van der Waals surface area contributed by atoms with Crippen molar-refractivity contribution in [2.75, 3.05) is 0 Å². The van der Waals surface area contributed by atoms with Crippen LogP contribution in [-0.4, -0.2) is 39.6 Å². The van der Waals surface area contributed by atoms with Gasteiger partial charge in [-0.2, -0.15) is 0 Å². The SMILES string of the molecule is NC1(CC(=O)NC(CC(=O)O)C(=O)O)CCCC1. The minimum absolute atomic E-state index is 0.0381. The molecule has 18 heavy (non-hydrogen) atoms. The Morgan fingerprint density at radius 2 is 1.78 bits per heavy atom. The second-order valence-electron chi connectivity index (χ2n) is 4.80. The second-order valence-corrected chi connectivity index (χ2v) is 4.80.